The first kappa shape index (κ1) is 18.4. The first-order chi connectivity index (χ1) is 13.0. The number of rotatable bonds is 5. The highest BCUT2D eigenvalue weighted by Crippen LogP contribution is 2.22. The van der Waals surface area contributed by atoms with Gasteiger partial charge < -0.3 is 9.47 Å². The minimum absolute atomic E-state index is 0.330. The van der Waals surface area contributed by atoms with Gasteiger partial charge in [0.1, 0.15) is 17.3 Å². The van der Waals surface area contributed by atoms with Gasteiger partial charge in [0, 0.05) is 10.8 Å². The molecule has 2 aromatic carbocycles. The highest BCUT2D eigenvalue weighted by atomic mass is 19.1. The molecule has 6 heteroatoms. The third kappa shape index (κ3) is 3.74. The van der Waals surface area contributed by atoms with E-state index < -0.39 is 0 Å². The van der Waals surface area contributed by atoms with Crippen LogP contribution in [0.3, 0.4) is 0 Å². The number of hydrogen-bond acceptors (Lipinski definition) is 4. The summed E-state index contributed by atoms with van der Waals surface area (Å²) in [6.07, 6.45) is 1.59. The molecule has 0 atom stereocenters. The predicted molar refractivity (Wildman–Crippen MR) is 105 cm³/mol. The lowest BCUT2D eigenvalue weighted by molar-refractivity contribution is 0.410. The molecule has 0 amide bonds. The number of aliphatic imine (C=N–C) groups is 1. The maximum Gasteiger partial charge on any atom is 0.135 e. The number of halogens is 1. The van der Waals surface area contributed by atoms with E-state index >= 15 is 0 Å². The van der Waals surface area contributed by atoms with Crippen molar-refractivity contribution in [3.63, 3.8) is 0 Å². The van der Waals surface area contributed by atoms with E-state index in [0.717, 1.165) is 17.0 Å². The number of methoxy groups -OCH3 is 2. The number of nitrogens with zero attached hydrogens (tertiary/aromatic N) is 2. The molecule has 0 aliphatic carbocycles. The number of benzene rings is 2. The van der Waals surface area contributed by atoms with Gasteiger partial charge in [0.2, 0.25) is 0 Å². The average molecular weight is 365 g/mol. The summed E-state index contributed by atoms with van der Waals surface area (Å²) in [4.78, 5) is 4.37. The second-order valence-corrected chi connectivity index (χ2v) is 5.85. The predicted octanol–water partition coefficient (Wildman–Crippen LogP) is 2.89. The van der Waals surface area contributed by atoms with Gasteiger partial charge >= 0.3 is 0 Å². The van der Waals surface area contributed by atoms with Gasteiger partial charge in [-0.15, -0.1) is 0 Å². The van der Waals surface area contributed by atoms with Crippen LogP contribution in [0.1, 0.15) is 12.5 Å². The van der Waals surface area contributed by atoms with Crippen LogP contribution in [0.4, 0.5) is 4.39 Å². The lowest BCUT2D eigenvalue weighted by Crippen LogP contribution is -2.21. The minimum atomic E-state index is -0.387. The van der Waals surface area contributed by atoms with Gasteiger partial charge in [-0.1, -0.05) is 12.6 Å². The first-order valence-corrected chi connectivity index (χ1v) is 8.30. The van der Waals surface area contributed by atoms with Crippen LogP contribution in [0.25, 0.3) is 24.0 Å². The SMILES string of the molecule is C=c1c(-c2ccc(OC)cc2)n[nH]/c1=C/N=C(C)c1c(F)cccc1OC. The average Bonchev–Trinajstić information content (AvgIpc) is 3.06. The van der Waals surface area contributed by atoms with Crippen LogP contribution in [0, 0.1) is 5.82 Å². The van der Waals surface area contributed by atoms with Gasteiger partial charge in [0.25, 0.3) is 0 Å². The normalized spacial score (nSPS) is 12.3. The van der Waals surface area contributed by atoms with Crippen molar-refractivity contribution in [1.82, 2.24) is 10.2 Å². The van der Waals surface area contributed by atoms with E-state index in [1.165, 1.54) is 13.2 Å². The summed E-state index contributed by atoms with van der Waals surface area (Å²) in [6, 6.07) is 12.2. The van der Waals surface area contributed by atoms with Crippen LogP contribution < -0.4 is 20.0 Å². The molecule has 1 aromatic heterocycles. The summed E-state index contributed by atoms with van der Waals surface area (Å²) < 4.78 is 24.6. The van der Waals surface area contributed by atoms with Crippen molar-refractivity contribution in [2.24, 2.45) is 4.99 Å². The Bertz CT molecular complexity index is 1090. The monoisotopic (exact) mass is 365 g/mol. The van der Waals surface area contributed by atoms with E-state index in [2.05, 4.69) is 21.8 Å². The second-order valence-electron chi connectivity index (χ2n) is 5.85. The van der Waals surface area contributed by atoms with Crippen LogP contribution >= 0.6 is 0 Å². The molecule has 3 rings (SSSR count). The molecule has 1 N–H and O–H groups in total. The molecule has 3 aromatic rings. The van der Waals surface area contributed by atoms with Crippen LogP contribution in [-0.2, 0) is 0 Å². The van der Waals surface area contributed by atoms with E-state index in [9.17, 15) is 4.39 Å². The van der Waals surface area contributed by atoms with Crippen LogP contribution in [0.5, 0.6) is 11.5 Å². The molecule has 0 bridgehead atoms. The van der Waals surface area contributed by atoms with Crippen molar-refractivity contribution >= 4 is 18.5 Å². The highest BCUT2D eigenvalue weighted by Gasteiger charge is 2.11. The van der Waals surface area contributed by atoms with Crippen molar-refractivity contribution in [2.75, 3.05) is 14.2 Å². The van der Waals surface area contributed by atoms with E-state index in [-0.39, 0.29) is 5.82 Å². The quantitative estimate of drug-likeness (QED) is 0.708. The van der Waals surface area contributed by atoms with Crippen LogP contribution in [0.2, 0.25) is 0 Å². The fourth-order valence-electron chi connectivity index (χ4n) is 2.72. The summed E-state index contributed by atoms with van der Waals surface area (Å²) in [5, 5.41) is 8.59. The van der Waals surface area contributed by atoms with E-state index in [0.29, 0.717) is 27.6 Å². The molecule has 0 radical (unpaired) electrons. The summed E-state index contributed by atoms with van der Waals surface area (Å²) in [7, 11) is 3.12. The number of hydrogen-bond donors (Lipinski definition) is 1. The van der Waals surface area contributed by atoms with Crippen molar-refractivity contribution in [1.29, 1.82) is 0 Å². The molecule has 0 fully saturated rings. The Morgan fingerprint density at radius 3 is 2.56 bits per heavy atom. The topological polar surface area (TPSA) is 59.5 Å². The van der Waals surface area contributed by atoms with Gasteiger partial charge in [-0.2, -0.15) is 5.10 Å². The van der Waals surface area contributed by atoms with Crippen LogP contribution in [0.15, 0.2) is 47.5 Å². The van der Waals surface area contributed by atoms with Gasteiger partial charge in [-0.05, 0) is 43.3 Å². The third-order valence-electron chi connectivity index (χ3n) is 4.21. The number of H-pyrrole nitrogens is 1. The van der Waals surface area contributed by atoms with Crippen molar-refractivity contribution in [2.45, 2.75) is 6.92 Å². The Hall–Kier alpha value is -3.41. The number of nitrogens with one attached hydrogen (secondary N) is 1. The maximum atomic E-state index is 14.2. The van der Waals surface area contributed by atoms with Crippen molar-refractivity contribution in [3.05, 3.63) is 64.4 Å². The van der Waals surface area contributed by atoms with Gasteiger partial charge in [-0.3, -0.25) is 10.1 Å². The molecular weight excluding hydrogens is 345 g/mol. The van der Waals surface area contributed by atoms with E-state index in [1.807, 2.05) is 24.3 Å². The maximum absolute atomic E-state index is 14.2. The number of ether oxygens (including phenoxy) is 2. The first-order valence-electron chi connectivity index (χ1n) is 8.30. The van der Waals surface area contributed by atoms with E-state index in [4.69, 9.17) is 9.47 Å². The fraction of sp³-hybridized carbons (Fsp3) is 0.143. The van der Waals surface area contributed by atoms with Gasteiger partial charge in [-0.25, -0.2) is 4.39 Å². The molecule has 0 unspecified atom stereocenters. The molecule has 138 valence electrons. The standard InChI is InChI=1S/C21H20FN3O2/c1-13-18(24-25-21(13)15-8-10-16(26-3)11-9-15)12-23-14(2)20-17(22)6-5-7-19(20)27-4/h5-12,24H,1H2,2-4H3/b18-12+,23-14?. The summed E-state index contributed by atoms with van der Waals surface area (Å²) in [6.45, 7) is 5.80. The van der Waals surface area contributed by atoms with Gasteiger partial charge in [0.15, 0.2) is 0 Å². The third-order valence-corrected chi connectivity index (χ3v) is 4.21. The Labute approximate surface area is 156 Å². The Balaban J connectivity index is 1.98. The summed E-state index contributed by atoms with van der Waals surface area (Å²) in [5.41, 5.74) is 2.45. The summed E-state index contributed by atoms with van der Waals surface area (Å²) in [5.74, 6) is 0.816. The zero-order valence-corrected chi connectivity index (χ0v) is 15.4. The van der Waals surface area contributed by atoms with E-state index in [1.54, 1.807) is 32.4 Å². The number of aromatic amines is 1. The second kappa shape index (κ2) is 7.86. The van der Waals surface area contributed by atoms with Crippen molar-refractivity contribution in [3.8, 4) is 22.8 Å². The fourth-order valence-corrected chi connectivity index (χ4v) is 2.72. The number of aromatic nitrogens is 2. The van der Waals surface area contributed by atoms with Gasteiger partial charge in [0.05, 0.1) is 42.7 Å². The van der Waals surface area contributed by atoms with Crippen molar-refractivity contribution < 1.29 is 13.9 Å². The zero-order valence-electron chi connectivity index (χ0n) is 15.4. The smallest absolute Gasteiger partial charge is 0.135 e. The van der Waals surface area contributed by atoms with Crippen LogP contribution in [-0.4, -0.2) is 30.1 Å². The highest BCUT2D eigenvalue weighted by molar-refractivity contribution is 6.02. The molecule has 0 saturated carbocycles. The lowest BCUT2D eigenvalue weighted by Gasteiger charge is -2.08. The lowest BCUT2D eigenvalue weighted by atomic mass is 10.1. The molecule has 0 spiro atoms. The molecule has 0 aliphatic heterocycles. The Kier molecular flexibility index (Phi) is 5.35. The molecule has 27 heavy (non-hydrogen) atoms. The summed E-state index contributed by atoms with van der Waals surface area (Å²) >= 11 is 0. The Morgan fingerprint density at radius 1 is 1.15 bits per heavy atom. The largest absolute Gasteiger partial charge is 0.497 e. The minimum Gasteiger partial charge on any atom is -0.497 e. The molecule has 5 nitrogen and oxygen atoms in total. The molecule has 1 heterocycles. The molecule has 0 aliphatic rings. The molecule has 0 saturated heterocycles. The Morgan fingerprint density at radius 2 is 1.89 bits per heavy atom. The molecular formula is C21H20FN3O2. The zero-order chi connectivity index (χ0) is 19.4.